The van der Waals surface area contributed by atoms with Gasteiger partial charge in [-0.05, 0) is 48.0 Å². The summed E-state index contributed by atoms with van der Waals surface area (Å²) >= 11 is 1.54. The van der Waals surface area contributed by atoms with Crippen LogP contribution in [0.2, 0.25) is 0 Å². The summed E-state index contributed by atoms with van der Waals surface area (Å²) in [6.07, 6.45) is 1.72. The van der Waals surface area contributed by atoms with Crippen molar-refractivity contribution in [3.05, 3.63) is 65.1 Å². The Bertz CT molecular complexity index is 991. The summed E-state index contributed by atoms with van der Waals surface area (Å²) in [4.78, 5) is 20.5. The molecule has 1 aliphatic heterocycles. The van der Waals surface area contributed by atoms with Gasteiger partial charge in [0.25, 0.3) is 5.91 Å². The zero-order valence-electron chi connectivity index (χ0n) is 12.3. The standard InChI is InChI=1S/C17H11FN4OS/c18-11-2-4-12(5-3-11)20-17-21-14(16(23)22-17)7-10-1-6-13-15(8-10)24-9-19-13/h1-9H,(H2,20,21,22,23)/b14-7-. The maximum atomic E-state index is 12.9. The van der Waals surface area contributed by atoms with E-state index in [-0.39, 0.29) is 11.7 Å². The lowest BCUT2D eigenvalue weighted by molar-refractivity contribution is -0.115. The highest BCUT2D eigenvalue weighted by molar-refractivity contribution is 7.16. The summed E-state index contributed by atoms with van der Waals surface area (Å²) in [5.41, 5.74) is 4.54. The Kier molecular flexibility index (Phi) is 3.55. The first-order chi connectivity index (χ1) is 11.7. The van der Waals surface area contributed by atoms with Gasteiger partial charge in [-0.2, -0.15) is 0 Å². The fraction of sp³-hybridized carbons (Fsp3) is 0. The summed E-state index contributed by atoms with van der Waals surface area (Å²) in [5, 5.41) is 5.59. The van der Waals surface area contributed by atoms with Crippen LogP contribution in [0.4, 0.5) is 10.1 Å². The van der Waals surface area contributed by atoms with Gasteiger partial charge in [-0.15, -0.1) is 11.3 Å². The Balaban J connectivity index is 1.59. The molecule has 24 heavy (non-hydrogen) atoms. The molecule has 0 radical (unpaired) electrons. The lowest BCUT2D eigenvalue weighted by Gasteiger charge is -2.04. The second-order valence-electron chi connectivity index (χ2n) is 5.16. The minimum atomic E-state index is -0.322. The van der Waals surface area contributed by atoms with E-state index in [1.165, 1.54) is 12.1 Å². The third-order valence-corrected chi connectivity index (χ3v) is 4.25. The van der Waals surface area contributed by atoms with Crippen LogP contribution < -0.4 is 10.6 Å². The highest BCUT2D eigenvalue weighted by atomic mass is 32.1. The molecule has 0 spiro atoms. The first kappa shape index (κ1) is 14.5. The second kappa shape index (κ2) is 5.86. The number of amides is 1. The van der Waals surface area contributed by atoms with E-state index in [0.717, 1.165) is 15.8 Å². The van der Waals surface area contributed by atoms with Crippen LogP contribution in [0.1, 0.15) is 5.56 Å². The highest BCUT2D eigenvalue weighted by Crippen LogP contribution is 2.21. The molecule has 1 amide bonds. The normalized spacial score (nSPS) is 15.6. The predicted molar refractivity (Wildman–Crippen MR) is 93.2 cm³/mol. The van der Waals surface area contributed by atoms with E-state index in [0.29, 0.717) is 17.3 Å². The van der Waals surface area contributed by atoms with E-state index in [1.54, 1.807) is 35.1 Å². The van der Waals surface area contributed by atoms with E-state index in [2.05, 4.69) is 20.6 Å². The molecule has 4 rings (SSSR count). The second-order valence-corrected chi connectivity index (χ2v) is 6.04. The van der Waals surface area contributed by atoms with Crippen LogP contribution >= 0.6 is 11.3 Å². The fourth-order valence-electron chi connectivity index (χ4n) is 2.32. The molecule has 1 aliphatic rings. The Morgan fingerprint density at radius 1 is 1.17 bits per heavy atom. The smallest absolute Gasteiger partial charge is 0.276 e. The Labute approximate surface area is 140 Å². The monoisotopic (exact) mass is 338 g/mol. The number of fused-ring (bicyclic) bond motifs is 1. The molecule has 1 aromatic heterocycles. The number of carbonyl (C=O) groups excluding carboxylic acids is 1. The van der Waals surface area contributed by atoms with Crippen molar-refractivity contribution in [1.29, 1.82) is 0 Å². The van der Waals surface area contributed by atoms with Crippen LogP contribution in [0.15, 0.2) is 58.7 Å². The summed E-state index contributed by atoms with van der Waals surface area (Å²) < 4.78 is 14.0. The van der Waals surface area contributed by atoms with Crippen molar-refractivity contribution in [3.8, 4) is 0 Å². The number of halogens is 1. The van der Waals surface area contributed by atoms with E-state index < -0.39 is 0 Å². The van der Waals surface area contributed by atoms with Crippen LogP contribution in [-0.4, -0.2) is 16.9 Å². The zero-order valence-corrected chi connectivity index (χ0v) is 13.1. The lowest BCUT2D eigenvalue weighted by atomic mass is 10.2. The lowest BCUT2D eigenvalue weighted by Crippen LogP contribution is -2.29. The minimum Gasteiger partial charge on any atom is -0.326 e. The quantitative estimate of drug-likeness (QED) is 0.704. The molecule has 0 atom stereocenters. The Morgan fingerprint density at radius 2 is 2.00 bits per heavy atom. The van der Waals surface area contributed by atoms with Gasteiger partial charge in [0.2, 0.25) is 5.96 Å². The van der Waals surface area contributed by atoms with Gasteiger partial charge >= 0.3 is 0 Å². The molecule has 5 nitrogen and oxygen atoms in total. The van der Waals surface area contributed by atoms with Gasteiger partial charge in [0.05, 0.1) is 15.7 Å². The van der Waals surface area contributed by atoms with Gasteiger partial charge < -0.3 is 5.32 Å². The van der Waals surface area contributed by atoms with E-state index >= 15 is 0 Å². The molecule has 7 heteroatoms. The molecule has 2 aromatic carbocycles. The predicted octanol–water partition coefficient (Wildman–Crippen LogP) is 3.37. The molecule has 2 heterocycles. The summed E-state index contributed by atoms with van der Waals surface area (Å²) in [5.74, 6) is -0.294. The number of thiazole rings is 1. The zero-order chi connectivity index (χ0) is 16.5. The average molecular weight is 338 g/mol. The largest absolute Gasteiger partial charge is 0.326 e. The molecule has 0 bridgehead atoms. The SMILES string of the molecule is O=C1NC(Nc2ccc(F)cc2)=N/C1=C\c1ccc2ncsc2c1. The topological polar surface area (TPSA) is 66.4 Å². The fourth-order valence-corrected chi connectivity index (χ4v) is 3.04. The van der Waals surface area contributed by atoms with Crippen molar-refractivity contribution in [1.82, 2.24) is 10.3 Å². The van der Waals surface area contributed by atoms with Crippen molar-refractivity contribution >= 4 is 45.2 Å². The molecule has 3 aromatic rings. The number of aliphatic imine (C=N–C) groups is 1. The summed E-state index contributed by atoms with van der Waals surface area (Å²) in [6, 6.07) is 11.6. The van der Waals surface area contributed by atoms with Gasteiger partial charge in [-0.1, -0.05) is 6.07 Å². The van der Waals surface area contributed by atoms with Crippen molar-refractivity contribution in [3.63, 3.8) is 0 Å². The third-order valence-electron chi connectivity index (χ3n) is 3.46. The Hall–Kier alpha value is -3.06. The highest BCUT2D eigenvalue weighted by Gasteiger charge is 2.20. The maximum absolute atomic E-state index is 12.9. The van der Waals surface area contributed by atoms with Crippen molar-refractivity contribution < 1.29 is 9.18 Å². The summed E-state index contributed by atoms with van der Waals surface area (Å²) in [7, 11) is 0. The van der Waals surface area contributed by atoms with Crippen LogP contribution in [0.5, 0.6) is 0 Å². The van der Waals surface area contributed by atoms with Gasteiger partial charge in [0.15, 0.2) is 0 Å². The van der Waals surface area contributed by atoms with Crippen molar-refractivity contribution in [2.24, 2.45) is 4.99 Å². The van der Waals surface area contributed by atoms with Gasteiger partial charge in [0, 0.05) is 5.69 Å². The number of hydrogen-bond donors (Lipinski definition) is 2. The molecule has 0 unspecified atom stereocenters. The van der Waals surface area contributed by atoms with E-state index in [9.17, 15) is 9.18 Å². The Morgan fingerprint density at radius 3 is 2.83 bits per heavy atom. The molecule has 0 fully saturated rings. The van der Waals surface area contributed by atoms with Crippen LogP contribution in [0.3, 0.4) is 0 Å². The molecular formula is C17H11FN4OS. The molecule has 0 saturated carbocycles. The number of aromatic nitrogens is 1. The van der Waals surface area contributed by atoms with Crippen LogP contribution in [-0.2, 0) is 4.79 Å². The number of guanidine groups is 1. The molecule has 118 valence electrons. The molecule has 0 aliphatic carbocycles. The maximum Gasteiger partial charge on any atom is 0.276 e. The number of nitrogens with zero attached hydrogens (tertiary/aromatic N) is 2. The summed E-state index contributed by atoms with van der Waals surface area (Å²) in [6.45, 7) is 0. The van der Waals surface area contributed by atoms with Crippen molar-refractivity contribution in [2.75, 3.05) is 5.32 Å². The minimum absolute atomic E-state index is 0.288. The number of hydrogen-bond acceptors (Lipinski definition) is 5. The van der Waals surface area contributed by atoms with Crippen molar-refractivity contribution in [2.45, 2.75) is 0 Å². The van der Waals surface area contributed by atoms with Gasteiger partial charge in [-0.25, -0.2) is 14.4 Å². The van der Waals surface area contributed by atoms with Gasteiger partial charge in [-0.3, -0.25) is 10.1 Å². The molecule has 2 N–H and O–H groups in total. The third kappa shape index (κ3) is 2.89. The molecular weight excluding hydrogens is 327 g/mol. The van der Waals surface area contributed by atoms with Crippen LogP contribution in [0, 0.1) is 5.82 Å². The van der Waals surface area contributed by atoms with Crippen LogP contribution in [0.25, 0.3) is 16.3 Å². The van der Waals surface area contributed by atoms with Gasteiger partial charge in [0.1, 0.15) is 11.5 Å². The first-order valence-electron chi connectivity index (χ1n) is 7.15. The van der Waals surface area contributed by atoms with E-state index in [4.69, 9.17) is 0 Å². The number of nitrogens with one attached hydrogen (secondary N) is 2. The number of rotatable bonds is 2. The number of anilines is 1. The average Bonchev–Trinajstić information content (AvgIpc) is 3.16. The molecule has 0 saturated heterocycles. The number of benzene rings is 2. The van der Waals surface area contributed by atoms with E-state index in [1.807, 2.05) is 18.2 Å². The number of carbonyl (C=O) groups is 1. The first-order valence-corrected chi connectivity index (χ1v) is 8.03.